The van der Waals surface area contributed by atoms with Crippen molar-refractivity contribution in [1.29, 1.82) is 0 Å². The van der Waals surface area contributed by atoms with E-state index in [2.05, 4.69) is 9.97 Å². The molecular weight excluding hydrogens is 248 g/mol. The summed E-state index contributed by atoms with van der Waals surface area (Å²) in [7, 11) is 0. The zero-order valence-electron chi connectivity index (χ0n) is 9.74. The van der Waals surface area contributed by atoms with Crippen LogP contribution in [0.3, 0.4) is 0 Å². The normalized spacial score (nSPS) is 10.9. The number of alkyl halides is 3. The van der Waals surface area contributed by atoms with Crippen molar-refractivity contribution in [3.05, 3.63) is 18.1 Å². The molecule has 0 atom stereocenters. The third kappa shape index (κ3) is 4.81. The van der Waals surface area contributed by atoms with E-state index in [1.54, 1.807) is 6.07 Å². The third-order valence-corrected chi connectivity index (χ3v) is 2.42. The molecule has 0 aromatic carbocycles. The van der Waals surface area contributed by atoms with Gasteiger partial charge in [-0.15, -0.1) is 11.6 Å². The molecule has 96 valence electrons. The second kappa shape index (κ2) is 7.37. The summed E-state index contributed by atoms with van der Waals surface area (Å²) in [6.45, 7) is 2.04. The fraction of sp³-hybridized carbons (Fsp3) is 0.636. The van der Waals surface area contributed by atoms with Crippen LogP contribution in [0.25, 0.3) is 0 Å². The first kappa shape index (κ1) is 14.1. The Balaban J connectivity index is 2.81. The van der Waals surface area contributed by atoms with Crippen LogP contribution in [0.2, 0.25) is 0 Å². The third-order valence-electron chi connectivity index (χ3n) is 2.25. The molecule has 17 heavy (non-hydrogen) atoms. The average Bonchev–Trinajstić information content (AvgIpc) is 2.29. The van der Waals surface area contributed by atoms with Gasteiger partial charge in [0.1, 0.15) is 12.1 Å². The number of hydrogen-bond donors (Lipinski definition) is 0. The van der Waals surface area contributed by atoms with E-state index in [0.717, 1.165) is 18.5 Å². The minimum absolute atomic E-state index is 0.292. The van der Waals surface area contributed by atoms with E-state index in [4.69, 9.17) is 11.6 Å². The lowest BCUT2D eigenvalue weighted by molar-refractivity contribution is 0.155. The van der Waals surface area contributed by atoms with Gasteiger partial charge in [-0.05, 0) is 6.42 Å². The van der Waals surface area contributed by atoms with Crippen LogP contribution in [0.15, 0.2) is 12.4 Å². The number of aromatic nitrogens is 2. The summed E-state index contributed by atoms with van der Waals surface area (Å²) in [5.41, 5.74) is 0.867. The van der Waals surface area contributed by atoms with Gasteiger partial charge in [-0.2, -0.15) is 0 Å². The molecular formula is C11H16ClF2N3. The maximum Gasteiger partial charge on any atom is 0.255 e. The summed E-state index contributed by atoms with van der Waals surface area (Å²) < 4.78 is 24.8. The smallest absolute Gasteiger partial charge is 0.255 e. The molecule has 0 saturated heterocycles. The molecule has 0 unspecified atom stereocenters. The molecule has 1 rings (SSSR count). The fourth-order valence-corrected chi connectivity index (χ4v) is 1.72. The Hall–Kier alpha value is -0.970. The Morgan fingerprint density at radius 1 is 1.41 bits per heavy atom. The maximum atomic E-state index is 12.4. The minimum atomic E-state index is -2.40. The molecule has 1 aromatic rings. The zero-order valence-corrected chi connectivity index (χ0v) is 10.5. The van der Waals surface area contributed by atoms with E-state index < -0.39 is 6.43 Å². The second-order valence-corrected chi connectivity index (χ2v) is 4.02. The predicted molar refractivity (Wildman–Crippen MR) is 65.0 cm³/mol. The van der Waals surface area contributed by atoms with Crippen LogP contribution in [0.1, 0.15) is 19.0 Å². The molecule has 1 heterocycles. The van der Waals surface area contributed by atoms with Gasteiger partial charge in [-0.25, -0.2) is 18.7 Å². The predicted octanol–water partition coefficient (Wildman–Crippen LogP) is 2.74. The average molecular weight is 264 g/mol. The molecule has 0 radical (unpaired) electrons. The molecule has 1 aromatic heterocycles. The van der Waals surface area contributed by atoms with Crippen molar-refractivity contribution in [1.82, 2.24) is 9.97 Å². The highest BCUT2D eigenvalue weighted by molar-refractivity contribution is 6.18. The maximum absolute atomic E-state index is 12.4. The monoisotopic (exact) mass is 263 g/mol. The lowest BCUT2D eigenvalue weighted by Crippen LogP contribution is -2.31. The number of halogens is 3. The Morgan fingerprint density at radius 3 is 2.76 bits per heavy atom. The summed E-state index contributed by atoms with van der Waals surface area (Å²) in [5, 5.41) is 0. The topological polar surface area (TPSA) is 29.0 Å². The Morgan fingerprint density at radius 2 is 2.18 bits per heavy atom. The van der Waals surface area contributed by atoms with Crippen molar-refractivity contribution in [2.24, 2.45) is 0 Å². The first-order valence-corrected chi connectivity index (χ1v) is 6.10. The molecule has 0 aliphatic carbocycles. The summed E-state index contributed by atoms with van der Waals surface area (Å²) >= 11 is 5.60. The van der Waals surface area contributed by atoms with Crippen LogP contribution < -0.4 is 4.90 Å². The first-order chi connectivity index (χ1) is 8.17. The molecule has 0 bridgehead atoms. The van der Waals surface area contributed by atoms with Gasteiger partial charge in [-0.3, -0.25) is 0 Å². The van der Waals surface area contributed by atoms with Gasteiger partial charge in [0.15, 0.2) is 0 Å². The van der Waals surface area contributed by atoms with Crippen LogP contribution in [0.4, 0.5) is 14.6 Å². The van der Waals surface area contributed by atoms with Gasteiger partial charge in [0.05, 0.1) is 6.54 Å². The highest BCUT2D eigenvalue weighted by atomic mass is 35.5. The molecule has 0 aliphatic heterocycles. The summed E-state index contributed by atoms with van der Waals surface area (Å²) in [4.78, 5) is 9.59. The van der Waals surface area contributed by atoms with Crippen LogP contribution in [0, 0.1) is 0 Å². The molecule has 0 amide bonds. The molecule has 3 nitrogen and oxygen atoms in total. The zero-order chi connectivity index (χ0) is 12.7. The van der Waals surface area contributed by atoms with E-state index in [-0.39, 0.29) is 6.54 Å². The van der Waals surface area contributed by atoms with E-state index >= 15 is 0 Å². The lowest BCUT2D eigenvalue weighted by Gasteiger charge is -2.22. The second-order valence-electron chi connectivity index (χ2n) is 3.64. The van der Waals surface area contributed by atoms with Gasteiger partial charge in [0.25, 0.3) is 6.43 Å². The van der Waals surface area contributed by atoms with Crippen molar-refractivity contribution >= 4 is 17.4 Å². The van der Waals surface area contributed by atoms with Crippen molar-refractivity contribution in [2.75, 3.05) is 23.9 Å². The van der Waals surface area contributed by atoms with Gasteiger partial charge >= 0.3 is 0 Å². The van der Waals surface area contributed by atoms with Crippen molar-refractivity contribution in [3.63, 3.8) is 0 Å². The molecule has 6 heteroatoms. The SMILES string of the molecule is CCCc1cc(N(CCCl)CC(F)F)ncn1. The quantitative estimate of drug-likeness (QED) is 0.709. The largest absolute Gasteiger partial charge is 0.350 e. The Kier molecular flexibility index (Phi) is 6.11. The number of aryl methyl sites for hydroxylation is 1. The molecule has 0 N–H and O–H groups in total. The van der Waals surface area contributed by atoms with Crippen LogP contribution in [-0.4, -0.2) is 35.4 Å². The fourth-order valence-electron chi connectivity index (χ4n) is 1.52. The van der Waals surface area contributed by atoms with Crippen molar-refractivity contribution in [2.45, 2.75) is 26.2 Å². The minimum Gasteiger partial charge on any atom is -0.350 e. The molecule has 0 fully saturated rings. The number of hydrogen-bond acceptors (Lipinski definition) is 3. The molecule has 0 saturated carbocycles. The van der Waals surface area contributed by atoms with E-state index in [0.29, 0.717) is 18.2 Å². The molecule has 0 spiro atoms. The summed E-state index contributed by atoms with van der Waals surface area (Å²) in [6.07, 6.45) is 0.787. The van der Waals surface area contributed by atoms with Gasteiger partial charge in [0.2, 0.25) is 0 Å². The van der Waals surface area contributed by atoms with E-state index in [1.165, 1.54) is 11.2 Å². The number of anilines is 1. The van der Waals surface area contributed by atoms with Crippen molar-refractivity contribution < 1.29 is 8.78 Å². The number of rotatable bonds is 7. The molecule has 0 aliphatic rings. The van der Waals surface area contributed by atoms with Crippen molar-refractivity contribution in [3.8, 4) is 0 Å². The first-order valence-electron chi connectivity index (χ1n) is 5.57. The van der Waals surface area contributed by atoms with Gasteiger partial charge in [0, 0.05) is 24.2 Å². The highest BCUT2D eigenvalue weighted by Gasteiger charge is 2.14. The Labute approximate surface area is 105 Å². The van der Waals surface area contributed by atoms with Crippen LogP contribution >= 0.6 is 11.6 Å². The van der Waals surface area contributed by atoms with Crippen LogP contribution in [-0.2, 0) is 6.42 Å². The van der Waals surface area contributed by atoms with E-state index in [1.807, 2.05) is 6.92 Å². The standard InChI is InChI=1S/C11H16ClF2N3/c1-2-3-9-6-11(16-8-15-9)17(5-4-12)7-10(13)14/h6,8,10H,2-5,7H2,1H3. The summed E-state index contributed by atoms with van der Waals surface area (Å²) in [5.74, 6) is 0.809. The van der Waals surface area contributed by atoms with Gasteiger partial charge < -0.3 is 4.90 Å². The summed E-state index contributed by atoms with van der Waals surface area (Å²) in [6, 6.07) is 1.75. The lowest BCUT2D eigenvalue weighted by atomic mass is 10.2. The van der Waals surface area contributed by atoms with Crippen LogP contribution in [0.5, 0.6) is 0 Å². The Bertz CT molecular complexity index is 336. The highest BCUT2D eigenvalue weighted by Crippen LogP contribution is 2.13. The van der Waals surface area contributed by atoms with E-state index in [9.17, 15) is 8.78 Å². The van der Waals surface area contributed by atoms with Gasteiger partial charge in [-0.1, -0.05) is 13.3 Å². The number of nitrogens with zero attached hydrogens (tertiary/aromatic N) is 3.